The molecule has 0 aliphatic heterocycles. The second-order valence-corrected chi connectivity index (χ2v) is 11.5. The fourth-order valence-electron chi connectivity index (χ4n) is 3.18. The van der Waals surface area contributed by atoms with Crippen LogP contribution in [-0.2, 0) is 26.2 Å². The number of amides is 2. The summed E-state index contributed by atoms with van der Waals surface area (Å²) < 4.78 is 26.1. The molecule has 0 aromatic heterocycles. The second-order valence-electron chi connectivity index (χ2n) is 8.33. The Balaban J connectivity index is 2.45. The molecule has 1 atom stereocenters. The summed E-state index contributed by atoms with van der Waals surface area (Å²) in [7, 11) is -3.94. The largest absolute Gasteiger partial charge is 0.352 e. The van der Waals surface area contributed by atoms with E-state index in [1.165, 1.54) is 17.0 Å². The van der Waals surface area contributed by atoms with Crippen LogP contribution in [0.1, 0.15) is 31.9 Å². The van der Waals surface area contributed by atoms with Crippen molar-refractivity contribution in [1.82, 2.24) is 10.2 Å². The first-order valence-electron chi connectivity index (χ1n) is 10.5. The molecule has 2 rings (SSSR count). The third kappa shape index (κ3) is 7.50. The first-order valence-corrected chi connectivity index (χ1v) is 13.5. The van der Waals surface area contributed by atoms with Crippen LogP contribution < -0.4 is 9.62 Å². The predicted octanol–water partition coefficient (Wildman–Crippen LogP) is 4.66. The van der Waals surface area contributed by atoms with Crippen molar-refractivity contribution in [3.63, 3.8) is 0 Å². The summed E-state index contributed by atoms with van der Waals surface area (Å²) in [6.07, 6.45) is 0.957. The number of rotatable bonds is 9. The Morgan fingerprint density at radius 2 is 1.53 bits per heavy atom. The molecule has 34 heavy (non-hydrogen) atoms. The number of anilines is 1. The molecule has 0 aliphatic rings. The number of halogens is 3. The normalized spacial score (nSPS) is 12.4. The predicted molar refractivity (Wildman–Crippen MR) is 138 cm³/mol. The van der Waals surface area contributed by atoms with Crippen LogP contribution in [0.15, 0.2) is 36.4 Å². The molecule has 0 bridgehead atoms. The van der Waals surface area contributed by atoms with Gasteiger partial charge in [0.1, 0.15) is 12.6 Å². The van der Waals surface area contributed by atoms with E-state index < -0.39 is 28.5 Å². The lowest BCUT2D eigenvalue weighted by Gasteiger charge is -2.32. The Kier molecular flexibility index (Phi) is 9.65. The van der Waals surface area contributed by atoms with E-state index in [1.807, 2.05) is 45.0 Å². The van der Waals surface area contributed by atoms with Gasteiger partial charge in [0, 0.05) is 12.6 Å². The van der Waals surface area contributed by atoms with Gasteiger partial charge in [-0.2, -0.15) is 0 Å². The lowest BCUT2D eigenvalue weighted by molar-refractivity contribution is -0.139. The van der Waals surface area contributed by atoms with Gasteiger partial charge in [-0.25, -0.2) is 8.42 Å². The summed E-state index contributed by atoms with van der Waals surface area (Å²) in [6.45, 7) is 6.69. The van der Waals surface area contributed by atoms with E-state index in [9.17, 15) is 18.0 Å². The molecule has 186 valence electrons. The third-order valence-corrected chi connectivity index (χ3v) is 7.16. The lowest BCUT2D eigenvalue weighted by atomic mass is 10.1. The highest BCUT2D eigenvalue weighted by molar-refractivity contribution is 7.92. The minimum Gasteiger partial charge on any atom is -0.352 e. The van der Waals surface area contributed by atoms with Crippen molar-refractivity contribution in [3.8, 4) is 0 Å². The van der Waals surface area contributed by atoms with E-state index in [2.05, 4.69) is 5.32 Å². The summed E-state index contributed by atoms with van der Waals surface area (Å²) in [5.74, 6) is -0.937. The summed E-state index contributed by atoms with van der Waals surface area (Å²) in [5.41, 5.74) is 1.85. The molecule has 0 saturated heterocycles. The molecule has 0 spiro atoms. The Morgan fingerprint density at radius 3 is 2.06 bits per heavy atom. The molecule has 2 aromatic rings. The Morgan fingerprint density at radius 1 is 0.971 bits per heavy atom. The first kappa shape index (κ1) is 28.2. The van der Waals surface area contributed by atoms with E-state index in [1.54, 1.807) is 6.92 Å². The number of aryl methyl sites for hydroxylation is 1. The second kappa shape index (κ2) is 11.6. The zero-order valence-electron chi connectivity index (χ0n) is 19.6. The standard InChI is InChI=1S/C23H28Cl3N3O4S/c1-14(2)27-23(31)16(4)28(12-17-8-6-15(3)7-9-17)22(30)13-29(34(5,32)33)21-11-19(25)18(24)10-20(21)26/h6-11,14,16H,12-13H2,1-5H3,(H,27,31). The highest BCUT2D eigenvalue weighted by atomic mass is 35.5. The van der Waals surface area contributed by atoms with Gasteiger partial charge in [0.2, 0.25) is 21.8 Å². The molecule has 2 aromatic carbocycles. The molecule has 0 radical (unpaired) electrons. The zero-order valence-corrected chi connectivity index (χ0v) is 22.7. The Labute approximate surface area is 216 Å². The zero-order chi connectivity index (χ0) is 25.8. The molecular weight excluding hydrogens is 521 g/mol. The van der Waals surface area contributed by atoms with Crippen LogP contribution in [0.4, 0.5) is 5.69 Å². The van der Waals surface area contributed by atoms with Crippen LogP contribution in [0.2, 0.25) is 15.1 Å². The van der Waals surface area contributed by atoms with Gasteiger partial charge in [0.15, 0.2) is 0 Å². The van der Waals surface area contributed by atoms with E-state index in [0.717, 1.165) is 21.7 Å². The molecule has 2 amide bonds. The first-order chi connectivity index (χ1) is 15.7. The van der Waals surface area contributed by atoms with Crippen molar-refractivity contribution >= 4 is 62.3 Å². The topological polar surface area (TPSA) is 86.8 Å². The maximum Gasteiger partial charge on any atom is 0.244 e. The van der Waals surface area contributed by atoms with Gasteiger partial charge in [0.25, 0.3) is 0 Å². The Hall–Kier alpha value is -2.00. The average Bonchev–Trinajstić information content (AvgIpc) is 2.72. The van der Waals surface area contributed by atoms with Gasteiger partial charge in [-0.15, -0.1) is 0 Å². The molecule has 0 heterocycles. The van der Waals surface area contributed by atoms with Crippen LogP contribution in [0, 0.1) is 6.92 Å². The lowest BCUT2D eigenvalue weighted by Crippen LogP contribution is -2.52. The van der Waals surface area contributed by atoms with E-state index in [0.29, 0.717) is 0 Å². The Bertz CT molecular complexity index is 1150. The third-order valence-electron chi connectivity index (χ3n) is 5.01. The summed E-state index contributed by atoms with van der Waals surface area (Å²) in [5, 5.41) is 3.04. The fourth-order valence-corrected chi connectivity index (χ4v) is 4.72. The summed E-state index contributed by atoms with van der Waals surface area (Å²) in [6, 6.07) is 9.12. The van der Waals surface area contributed by atoms with Crippen molar-refractivity contribution in [1.29, 1.82) is 0 Å². The highest BCUT2D eigenvalue weighted by Gasteiger charge is 2.31. The number of hydrogen-bond acceptors (Lipinski definition) is 4. The van der Waals surface area contributed by atoms with Crippen LogP contribution in [-0.4, -0.2) is 50.0 Å². The SMILES string of the molecule is Cc1ccc(CN(C(=O)CN(c2cc(Cl)c(Cl)cc2Cl)S(C)(=O)=O)C(C)C(=O)NC(C)C)cc1. The minimum atomic E-state index is -3.94. The maximum atomic E-state index is 13.5. The number of nitrogens with zero attached hydrogens (tertiary/aromatic N) is 2. The van der Waals surface area contributed by atoms with E-state index in [-0.39, 0.29) is 39.2 Å². The minimum absolute atomic E-state index is 0.0153. The van der Waals surface area contributed by atoms with Gasteiger partial charge < -0.3 is 10.2 Å². The average molecular weight is 549 g/mol. The quantitative estimate of drug-likeness (QED) is 0.462. The monoisotopic (exact) mass is 547 g/mol. The van der Waals surface area contributed by atoms with Gasteiger partial charge >= 0.3 is 0 Å². The fraction of sp³-hybridized carbons (Fsp3) is 0.391. The number of benzene rings is 2. The molecule has 11 heteroatoms. The highest BCUT2D eigenvalue weighted by Crippen LogP contribution is 2.35. The number of carbonyl (C=O) groups is 2. The summed E-state index contributed by atoms with van der Waals surface area (Å²) in [4.78, 5) is 27.6. The van der Waals surface area contributed by atoms with Crippen molar-refractivity contribution in [2.75, 3.05) is 17.1 Å². The maximum absolute atomic E-state index is 13.5. The molecule has 0 fully saturated rings. The van der Waals surface area contributed by atoms with Crippen LogP contribution >= 0.6 is 34.8 Å². The van der Waals surface area contributed by atoms with Crippen molar-refractivity contribution in [2.45, 2.75) is 46.3 Å². The summed E-state index contributed by atoms with van der Waals surface area (Å²) >= 11 is 18.3. The van der Waals surface area contributed by atoms with Gasteiger partial charge in [-0.05, 0) is 45.4 Å². The molecule has 1 unspecified atom stereocenters. The number of sulfonamides is 1. The molecule has 0 saturated carbocycles. The molecule has 7 nitrogen and oxygen atoms in total. The van der Waals surface area contributed by atoms with Gasteiger partial charge in [-0.3, -0.25) is 13.9 Å². The molecule has 0 aliphatic carbocycles. The smallest absolute Gasteiger partial charge is 0.244 e. The molecule has 1 N–H and O–H groups in total. The van der Waals surface area contributed by atoms with Gasteiger partial charge in [0.05, 0.1) is 27.0 Å². The number of carbonyl (C=O) groups excluding carboxylic acids is 2. The van der Waals surface area contributed by atoms with E-state index >= 15 is 0 Å². The number of hydrogen-bond donors (Lipinski definition) is 1. The van der Waals surface area contributed by atoms with Crippen LogP contribution in [0.25, 0.3) is 0 Å². The van der Waals surface area contributed by atoms with Crippen LogP contribution in [0.5, 0.6) is 0 Å². The van der Waals surface area contributed by atoms with Crippen molar-refractivity contribution < 1.29 is 18.0 Å². The van der Waals surface area contributed by atoms with E-state index in [4.69, 9.17) is 34.8 Å². The molecular formula is C23H28Cl3N3O4S. The van der Waals surface area contributed by atoms with Gasteiger partial charge in [-0.1, -0.05) is 64.6 Å². The van der Waals surface area contributed by atoms with Crippen LogP contribution in [0.3, 0.4) is 0 Å². The van der Waals surface area contributed by atoms with Crippen molar-refractivity contribution in [2.24, 2.45) is 0 Å². The van der Waals surface area contributed by atoms with Crippen molar-refractivity contribution in [3.05, 3.63) is 62.6 Å². The number of nitrogens with one attached hydrogen (secondary N) is 1.